The van der Waals surface area contributed by atoms with Gasteiger partial charge in [0.05, 0.1) is 6.04 Å². The fourth-order valence-electron chi connectivity index (χ4n) is 3.63. The zero-order chi connectivity index (χ0) is 19.9. The smallest absolute Gasteiger partial charge is 0.149 e. The summed E-state index contributed by atoms with van der Waals surface area (Å²) in [5.41, 5.74) is 11.3. The number of aliphatic imine (C=N–C) groups is 1. The Hall–Kier alpha value is -2.62. The Kier molecular flexibility index (Phi) is 4.85. The molecule has 1 atom stereocenters. The lowest BCUT2D eigenvalue weighted by atomic mass is 9.85. The van der Waals surface area contributed by atoms with E-state index < -0.39 is 0 Å². The van der Waals surface area contributed by atoms with Crippen molar-refractivity contribution < 1.29 is 4.39 Å². The lowest BCUT2D eigenvalue weighted by Gasteiger charge is -2.39. The molecule has 3 rings (SSSR count). The summed E-state index contributed by atoms with van der Waals surface area (Å²) in [5, 5.41) is 0. The minimum atomic E-state index is -0.306. The number of fused-ring (bicyclic) bond motifs is 1. The molecule has 1 heterocycles. The lowest BCUT2D eigenvalue weighted by molar-refractivity contribution is 0.589. The summed E-state index contributed by atoms with van der Waals surface area (Å²) in [6.07, 6.45) is 0.530. The molecule has 142 valence electrons. The van der Waals surface area contributed by atoms with Crippen LogP contribution in [0.4, 0.5) is 15.8 Å². The average molecular weight is 365 g/mol. The van der Waals surface area contributed by atoms with Gasteiger partial charge in [-0.25, -0.2) is 9.38 Å². The number of amidine groups is 1. The molecule has 3 nitrogen and oxygen atoms in total. The van der Waals surface area contributed by atoms with Crippen LogP contribution >= 0.6 is 0 Å². The van der Waals surface area contributed by atoms with Gasteiger partial charge in [-0.05, 0) is 42.5 Å². The van der Waals surface area contributed by atoms with E-state index in [9.17, 15) is 4.39 Å². The zero-order valence-electron chi connectivity index (χ0n) is 16.8. The minimum absolute atomic E-state index is 0.0280. The highest BCUT2D eigenvalue weighted by atomic mass is 19.1. The van der Waals surface area contributed by atoms with Crippen LogP contribution in [0.3, 0.4) is 0 Å². The van der Waals surface area contributed by atoms with Gasteiger partial charge in [-0.15, -0.1) is 0 Å². The Balaban J connectivity index is 2.21. The summed E-state index contributed by atoms with van der Waals surface area (Å²) in [6, 6.07) is 11.5. The van der Waals surface area contributed by atoms with Crippen LogP contribution in [0.25, 0.3) is 0 Å². The van der Waals surface area contributed by atoms with E-state index in [4.69, 9.17) is 5.73 Å². The van der Waals surface area contributed by atoms with Crippen LogP contribution < -0.4 is 10.6 Å². The molecule has 0 aromatic heterocycles. The van der Waals surface area contributed by atoms with E-state index in [0.717, 1.165) is 22.6 Å². The Morgan fingerprint density at radius 3 is 2.56 bits per heavy atom. The number of para-hydroxylation sites is 1. The van der Waals surface area contributed by atoms with Gasteiger partial charge in [0.2, 0.25) is 0 Å². The maximum Gasteiger partial charge on any atom is 0.149 e. The van der Waals surface area contributed by atoms with Gasteiger partial charge < -0.3 is 10.6 Å². The molecule has 0 fully saturated rings. The third-order valence-electron chi connectivity index (χ3n) is 5.10. The summed E-state index contributed by atoms with van der Waals surface area (Å²) in [7, 11) is 0. The second kappa shape index (κ2) is 6.84. The van der Waals surface area contributed by atoms with Gasteiger partial charge in [-0.2, -0.15) is 0 Å². The molecule has 27 heavy (non-hydrogen) atoms. The average Bonchev–Trinajstić information content (AvgIpc) is 2.55. The summed E-state index contributed by atoms with van der Waals surface area (Å²) in [5.74, 6) is 0.451. The molecular formula is C23H28FN3. The molecule has 2 N–H and O–H groups in total. The molecule has 0 radical (unpaired) electrons. The normalized spacial score (nSPS) is 16.7. The number of benzene rings is 2. The van der Waals surface area contributed by atoms with Crippen LogP contribution in [0.15, 0.2) is 53.7 Å². The molecule has 4 heteroatoms. The van der Waals surface area contributed by atoms with Crippen molar-refractivity contribution in [1.82, 2.24) is 0 Å². The Bertz CT molecular complexity index is 922. The highest BCUT2D eigenvalue weighted by Crippen LogP contribution is 2.43. The highest BCUT2D eigenvalue weighted by molar-refractivity contribution is 6.01. The number of hydrogen-bond donors (Lipinski definition) is 1. The zero-order valence-corrected chi connectivity index (χ0v) is 16.8. The van der Waals surface area contributed by atoms with Crippen molar-refractivity contribution in [2.24, 2.45) is 10.7 Å². The van der Waals surface area contributed by atoms with Gasteiger partial charge in [-0.3, -0.25) is 0 Å². The van der Waals surface area contributed by atoms with E-state index in [1.54, 1.807) is 6.07 Å². The molecular weight excluding hydrogens is 337 g/mol. The van der Waals surface area contributed by atoms with Crippen LogP contribution in [0, 0.1) is 12.7 Å². The molecule has 2 aromatic carbocycles. The van der Waals surface area contributed by atoms with Crippen molar-refractivity contribution in [3.63, 3.8) is 0 Å². The van der Waals surface area contributed by atoms with Gasteiger partial charge in [0, 0.05) is 23.4 Å². The monoisotopic (exact) mass is 365 g/mol. The summed E-state index contributed by atoms with van der Waals surface area (Å²) in [6.45, 7) is 14.5. The first-order valence-electron chi connectivity index (χ1n) is 9.27. The molecule has 1 aliphatic rings. The van der Waals surface area contributed by atoms with Crippen molar-refractivity contribution in [3.05, 3.63) is 71.2 Å². The Morgan fingerprint density at radius 1 is 1.22 bits per heavy atom. The van der Waals surface area contributed by atoms with E-state index in [2.05, 4.69) is 62.4 Å². The van der Waals surface area contributed by atoms with E-state index in [0.29, 0.717) is 17.8 Å². The van der Waals surface area contributed by atoms with Gasteiger partial charge >= 0.3 is 0 Å². The van der Waals surface area contributed by atoms with Crippen molar-refractivity contribution >= 4 is 17.2 Å². The summed E-state index contributed by atoms with van der Waals surface area (Å²) in [4.78, 5) is 6.76. The maximum atomic E-state index is 14.4. The molecule has 0 saturated heterocycles. The second-order valence-corrected chi connectivity index (χ2v) is 8.34. The number of rotatable bonds is 3. The van der Waals surface area contributed by atoms with Crippen LogP contribution in [-0.2, 0) is 5.41 Å². The highest BCUT2D eigenvalue weighted by Gasteiger charge is 2.32. The van der Waals surface area contributed by atoms with Gasteiger partial charge in [0.15, 0.2) is 0 Å². The molecule has 0 bridgehead atoms. The first-order chi connectivity index (χ1) is 12.6. The third-order valence-corrected chi connectivity index (χ3v) is 5.10. The molecule has 0 spiro atoms. The predicted octanol–water partition coefficient (Wildman–Crippen LogP) is 5.91. The van der Waals surface area contributed by atoms with E-state index in [1.807, 2.05) is 13.0 Å². The van der Waals surface area contributed by atoms with Crippen LogP contribution in [-0.4, -0.2) is 5.84 Å². The molecule has 0 amide bonds. The Morgan fingerprint density at radius 2 is 1.93 bits per heavy atom. The summed E-state index contributed by atoms with van der Waals surface area (Å²) < 4.78 is 14.4. The van der Waals surface area contributed by atoms with Crippen LogP contribution in [0.1, 0.15) is 56.8 Å². The number of aryl methyl sites for hydroxylation is 1. The molecule has 0 saturated carbocycles. The Labute approximate surface area is 161 Å². The van der Waals surface area contributed by atoms with Crippen molar-refractivity contribution in [2.75, 3.05) is 4.90 Å². The second-order valence-electron chi connectivity index (χ2n) is 8.34. The minimum Gasteiger partial charge on any atom is -0.402 e. The van der Waals surface area contributed by atoms with Crippen molar-refractivity contribution in [1.29, 1.82) is 0 Å². The van der Waals surface area contributed by atoms with Crippen molar-refractivity contribution in [2.45, 2.75) is 52.5 Å². The number of hydrogen-bond acceptors (Lipinski definition) is 3. The SMILES string of the molecule is C=C(N)CC1c2cccc(F)c2N=C(C)N1c1cc(C(C)(C)C)ccc1C. The van der Waals surface area contributed by atoms with E-state index >= 15 is 0 Å². The number of nitrogens with two attached hydrogens (primary N) is 1. The topological polar surface area (TPSA) is 41.6 Å². The first kappa shape index (κ1) is 19.2. The van der Waals surface area contributed by atoms with Gasteiger partial charge in [0.1, 0.15) is 17.3 Å². The predicted molar refractivity (Wildman–Crippen MR) is 112 cm³/mol. The number of anilines is 1. The van der Waals surface area contributed by atoms with Crippen molar-refractivity contribution in [3.8, 4) is 0 Å². The fourth-order valence-corrected chi connectivity index (χ4v) is 3.63. The van der Waals surface area contributed by atoms with E-state index in [1.165, 1.54) is 11.6 Å². The molecule has 2 aromatic rings. The van der Waals surface area contributed by atoms with Crippen LogP contribution in [0.2, 0.25) is 0 Å². The lowest BCUT2D eigenvalue weighted by Crippen LogP contribution is -2.37. The quantitative estimate of drug-likeness (QED) is 0.735. The summed E-state index contributed by atoms with van der Waals surface area (Å²) >= 11 is 0. The first-order valence-corrected chi connectivity index (χ1v) is 9.27. The van der Waals surface area contributed by atoms with Crippen LogP contribution in [0.5, 0.6) is 0 Å². The maximum absolute atomic E-state index is 14.4. The standard InChI is InChI=1S/C23H28FN3/c1-14-10-11-17(23(4,5)6)13-20(14)27-16(3)26-22-18(8-7-9-19(22)24)21(27)12-15(2)25/h7-11,13,21H,2,12,25H2,1,3-6H3. The number of nitrogens with zero attached hydrogens (tertiary/aromatic N) is 2. The van der Waals surface area contributed by atoms with E-state index in [-0.39, 0.29) is 17.3 Å². The van der Waals surface area contributed by atoms with Gasteiger partial charge in [0.25, 0.3) is 0 Å². The fraction of sp³-hybridized carbons (Fsp3) is 0.348. The number of halogens is 1. The van der Waals surface area contributed by atoms with Gasteiger partial charge in [-0.1, -0.05) is 51.6 Å². The molecule has 0 aliphatic carbocycles. The molecule has 1 aliphatic heterocycles. The largest absolute Gasteiger partial charge is 0.402 e. The molecule has 1 unspecified atom stereocenters. The third kappa shape index (κ3) is 3.61.